The van der Waals surface area contributed by atoms with E-state index in [1.54, 1.807) is 33.7 Å². The standard InChI is InChI=1S/C34H48BrN3O5S/c1-5-9-20-36(18-6-2)33(42)30-34-23-26(35)29(44-34)27(28(34)32(41)38(30)21-12-10-11-13-22-39)31(40)37(19-7-3)24-14-16-25(17-15-24)43-8-4/h6-7,14-17,26-30,39H,2-3,5,8-13,18-23H2,1,4H3/t26?,27-,28+,29-,30?,34?/m1/s1. The second kappa shape index (κ2) is 15.8. The van der Waals surface area contributed by atoms with Crippen molar-refractivity contribution in [3.63, 3.8) is 0 Å². The summed E-state index contributed by atoms with van der Waals surface area (Å²) in [7, 11) is 0. The van der Waals surface area contributed by atoms with Gasteiger partial charge in [0, 0.05) is 48.6 Å². The lowest BCUT2D eigenvalue weighted by Crippen LogP contribution is -2.56. The summed E-state index contributed by atoms with van der Waals surface area (Å²) in [6, 6.07) is 6.81. The van der Waals surface area contributed by atoms with Crippen LogP contribution in [0.3, 0.4) is 0 Å². The minimum atomic E-state index is -0.692. The van der Waals surface area contributed by atoms with Crippen molar-refractivity contribution in [2.45, 2.75) is 79.7 Å². The molecule has 1 N–H and O–H groups in total. The van der Waals surface area contributed by atoms with Crippen LogP contribution >= 0.6 is 27.7 Å². The molecule has 4 rings (SSSR count). The van der Waals surface area contributed by atoms with Gasteiger partial charge in [-0.1, -0.05) is 54.3 Å². The number of aliphatic hydroxyl groups is 1. The van der Waals surface area contributed by atoms with E-state index in [1.165, 1.54) is 0 Å². The summed E-state index contributed by atoms with van der Waals surface area (Å²) in [5.74, 6) is -0.669. The van der Waals surface area contributed by atoms with Gasteiger partial charge in [-0.3, -0.25) is 14.4 Å². The first-order chi connectivity index (χ1) is 21.3. The van der Waals surface area contributed by atoms with Gasteiger partial charge < -0.3 is 24.5 Å². The molecule has 3 fully saturated rings. The molecule has 3 heterocycles. The molecule has 0 aromatic heterocycles. The topological polar surface area (TPSA) is 90.4 Å². The van der Waals surface area contributed by atoms with Crippen LogP contribution in [0, 0.1) is 11.8 Å². The van der Waals surface area contributed by atoms with Gasteiger partial charge in [0.25, 0.3) is 0 Å². The molecular formula is C34H48BrN3O5S. The van der Waals surface area contributed by atoms with E-state index in [1.807, 2.05) is 36.1 Å². The Balaban J connectivity index is 1.71. The molecule has 3 saturated heterocycles. The molecule has 3 amide bonds. The molecule has 1 aromatic carbocycles. The first-order valence-electron chi connectivity index (χ1n) is 16.1. The molecule has 2 bridgehead atoms. The van der Waals surface area contributed by atoms with Crippen molar-refractivity contribution in [3.05, 3.63) is 49.6 Å². The highest BCUT2D eigenvalue weighted by molar-refractivity contribution is 9.09. The highest BCUT2D eigenvalue weighted by atomic mass is 79.9. The van der Waals surface area contributed by atoms with Crippen LogP contribution in [0.25, 0.3) is 0 Å². The smallest absolute Gasteiger partial charge is 0.247 e. The lowest BCUT2D eigenvalue weighted by Gasteiger charge is -2.38. The van der Waals surface area contributed by atoms with Crippen LogP contribution in [0.4, 0.5) is 5.69 Å². The second-order valence-corrected chi connectivity index (χ2v) is 14.6. The molecule has 1 spiro atoms. The summed E-state index contributed by atoms with van der Waals surface area (Å²) in [5, 5.41) is 9.10. The minimum Gasteiger partial charge on any atom is -0.494 e. The van der Waals surface area contributed by atoms with E-state index in [0.29, 0.717) is 39.2 Å². The van der Waals surface area contributed by atoms with Crippen molar-refractivity contribution < 1.29 is 24.2 Å². The summed E-state index contributed by atoms with van der Waals surface area (Å²) in [5.41, 5.74) is 0.724. The molecule has 0 radical (unpaired) electrons. The molecule has 8 nitrogen and oxygen atoms in total. The third-order valence-electron chi connectivity index (χ3n) is 9.10. The number of nitrogens with zero attached hydrogens (tertiary/aromatic N) is 3. The van der Waals surface area contributed by atoms with E-state index < -0.39 is 22.6 Å². The fraction of sp³-hybridized carbons (Fsp3) is 0.618. The van der Waals surface area contributed by atoms with E-state index in [-0.39, 0.29) is 34.4 Å². The van der Waals surface area contributed by atoms with E-state index >= 15 is 0 Å². The van der Waals surface area contributed by atoms with Gasteiger partial charge in [0.2, 0.25) is 17.7 Å². The maximum absolute atomic E-state index is 14.6. The molecule has 0 saturated carbocycles. The van der Waals surface area contributed by atoms with E-state index in [0.717, 1.165) is 50.0 Å². The number of unbranched alkanes of at least 4 members (excludes halogenated alkanes) is 4. The lowest BCUT2D eigenvalue weighted by molar-refractivity contribution is -0.142. The predicted octanol–water partition coefficient (Wildman–Crippen LogP) is 5.44. The van der Waals surface area contributed by atoms with Crippen LogP contribution in [0.2, 0.25) is 0 Å². The number of benzene rings is 1. The maximum atomic E-state index is 14.6. The van der Waals surface area contributed by atoms with Crippen molar-refractivity contribution in [1.29, 1.82) is 0 Å². The molecule has 6 atom stereocenters. The molecular weight excluding hydrogens is 642 g/mol. The quantitative estimate of drug-likeness (QED) is 0.126. The third-order valence-corrected chi connectivity index (χ3v) is 12.3. The third kappa shape index (κ3) is 6.77. The zero-order valence-corrected chi connectivity index (χ0v) is 28.6. The normalized spacial score (nSPS) is 26.9. The number of likely N-dealkylation sites (tertiary alicyclic amines) is 1. The zero-order chi connectivity index (χ0) is 31.9. The number of aliphatic hydroxyl groups excluding tert-OH is 1. The molecule has 0 aliphatic carbocycles. The highest BCUT2D eigenvalue weighted by Gasteiger charge is 2.76. The fourth-order valence-electron chi connectivity index (χ4n) is 7.17. The summed E-state index contributed by atoms with van der Waals surface area (Å²) in [4.78, 5) is 48.9. The monoisotopic (exact) mass is 689 g/mol. The van der Waals surface area contributed by atoms with Crippen LogP contribution in [0.1, 0.15) is 58.8 Å². The number of fused-ring (bicyclic) bond motifs is 1. The number of alkyl halides is 1. The molecule has 3 aliphatic rings. The fourth-order valence-corrected chi connectivity index (χ4v) is 10.8. The van der Waals surface area contributed by atoms with Gasteiger partial charge in [0.05, 0.1) is 23.2 Å². The number of anilines is 1. The largest absolute Gasteiger partial charge is 0.494 e. The van der Waals surface area contributed by atoms with Gasteiger partial charge in [0.15, 0.2) is 0 Å². The number of hydrogen-bond donors (Lipinski definition) is 1. The first-order valence-corrected chi connectivity index (χ1v) is 17.9. The van der Waals surface area contributed by atoms with Gasteiger partial charge in [0.1, 0.15) is 11.8 Å². The molecule has 10 heteroatoms. The Labute approximate surface area is 275 Å². The zero-order valence-electron chi connectivity index (χ0n) is 26.2. The molecule has 3 aliphatic heterocycles. The first kappa shape index (κ1) is 34.6. The lowest BCUT2D eigenvalue weighted by atomic mass is 9.70. The number of rotatable bonds is 18. The van der Waals surface area contributed by atoms with Crippen molar-refractivity contribution in [1.82, 2.24) is 9.80 Å². The van der Waals surface area contributed by atoms with E-state index in [2.05, 4.69) is 36.0 Å². The molecule has 44 heavy (non-hydrogen) atoms. The number of carbonyl (C=O) groups is 3. The minimum absolute atomic E-state index is 0.000267. The number of amides is 3. The van der Waals surface area contributed by atoms with Crippen molar-refractivity contribution in [3.8, 4) is 5.75 Å². The van der Waals surface area contributed by atoms with Gasteiger partial charge in [-0.05, 0) is 56.9 Å². The van der Waals surface area contributed by atoms with E-state index in [9.17, 15) is 19.5 Å². The Hall–Kier alpha value is -2.30. The summed E-state index contributed by atoms with van der Waals surface area (Å²) >= 11 is 5.57. The van der Waals surface area contributed by atoms with Crippen LogP contribution in [0.5, 0.6) is 5.75 Å². The number of ether oxygens (including phenoxy) is 1. The Morgan fingerprint density at radius 2 is 1.80 bits per heavy atom. The van der Waals surface area contributed by atoms with Crippen molar-refractivity contribution >= 4 is 51.1 Å². The average molecular weight is 691 g/mol. The summed E-state index contributed by atoms with van der Waals surface area (Å²) < 4.78 is 4.92. The van der Waals surface area contributed by atoms with Gasteiger partial charge in [-0.25, -0.2) is 0 Å². The maximum Gasteiger partial charge on any atom is 0.247 e. The predicted molar refractivity (Wildman–Crippen MR) is 181 cm³/mol. The Morgan fingerprint density at radius 1 is 1.09 bits per heavy atom. The van der Waals surface area contributed by atoms with Crippen molar-refractivity contribution in [2.75, 3.05) is 44.3 Å². The molecule has 1 aromatic rings. The Morgan fingerprint density at radius 3 is 2.43 bits per heavy atom. The second-order valence-electron chi connectivity index (χ2n) is 11.9. The van der Waals surface area contributed by atoms with E-state index in [4.69, 9.17) is 4.74 Å². The Bertz CT molecular complexity index is 1180. The van der Waals surface area contributed by atoms with Crippen LogP contribution in [-0.4, -0.2) is 92.9 Å². The van der Waals surface area contributed by atoms with Crippen LogP contribution < -0.4 is 9.64 Å². The number of hydrogen-bond acceptors (Lipinski definition) is 6. The van der Waals surface area contributed by atoms with Crippen LogP contribution in [-0.2, 0) is 14.4 Å². The SMILES string of the molecule is C=CCN(CCCC)C(=O)C1N(CCCCCCO)C(=O)[C@@H]2[C@@H](C(=O)N(CC=C)c3ccc(OCC)cc3)[C@@H]3SC12CC3Br. The molecule has 3 unspecified atom stereocenters. The van der Waals surface area contributed by atoms with Gasteiger partial charge in [-0.2, -0.15) is 0 Å². The number of halogens is 1. The summed E-state index contributed by atoms with van der Waals surface area (Å²) in [6.45, 7) is 14.3. The average Bonchev–Trinajstić information content (AvgIpc) is 3.61. The molecule has 242 valence electrons. The number of thioether (sulfide) groups is 1. The number of carbonyl (C=O) groups excluding carboxylic acids is 3. The van der Waals surface area contributed by atoms with Crippen molar-refractivity contribution in [2.24, 2.45) is 11.8 Å². The van der Waals surface area contributed by atoms with Crippen LogP contribution in [0.15, 0.2) is 49.6 Å². The summed E-state index contributed by atoms with van der Waals surface area (Å²) in [6.07, 6.45) is 9.12. The Kier molecular flexibility index (Phi) is 12.4. The highest BCUT2D eigenvalue weighted by Crippen LogP contribution is 2.68. The van der Waals surface area contributed by atoms with Gasteiger partial charge >= 0.3 is 0 Å². The van der Waals surface area contributed by atoms with Gasteiger partial charge in [-0.15, -0.1) is 24.9 Å².